The zero-order valence-electron chi connectivity index (χ0n) is 4.47. The molecule has 0 aromatic carbocycles. The molecule has 0 aromatic heterocycles. The molecule has 1 rings (SSSR count). The number of carbonyl (C=O) groups excluding carboxylic acids is 1. The van der Waals surface area contributed by atoms with Gasteiger partial charge in [0.25, 0.3) is 0 Å². The van der Waals surface area contributed by atoms with Gasteiger partial charge in [0.05, 0.1) is 0 Å². The minimum Gasteiger partial charge on any atom is -0.520 e. The molecule has 1 saturated heterocycles. The first-order chi connectivity index (χ1) is 3.43. The maximum atomic E-state index is 9.81. The van der Waals surface area contributed by atoms with Crippen molar-refractivity contribution < 1.29 is 4.79 Å². The summed E-state index contributed by atoms with van der Waals surface area (Å²) in [5.74, 6) is 0. The van der Waals surface area contributed by atoms with E-state index < -0.39 is 0 Å². The van der Waals surface area contributed by atoms with Gasteiger partial charge in [0, 0.05) is 0 Å². The molecule has 8 heavy (non-hydrogen) atoms. The first kappa shape index (κ1) is 6.47. The monoisotopic (exact) mass is 355 g/mol. The second kappa shape index (κ2) is 2.61. The van der Waals surface area contributed by atoms with Gasteiger partial charge in [-0.25, -0.2) is 0 Å². The molecule has 0 aromatic rings. The Kier molecular flexibility index (Phi) is 2.11. The van der Waals surface area contributed by atoms with Crippen molar-refractivity contribution in [1.29, 1.82) is 0 Å². The van der Waals surface area contributed by atoms with E-state index in [1.807, 2.05) is 6.41 Å². The minimum atomic E-state index is 0. The summed E-state index contributed by atoms with van der Waals surface area (Å²) in [6.07, 6.45) is 4.17. The summed E-state index contributed by atoms with van der Waals surface area (Å²) in [6, 6.07) is 0. The van der Waals surface area contributed by atoms with E-state index >= 15 is 0 Å². The molecule has 1 fully saturated rings. The van der Waals surface area contributed by atoms with Gasteiger partial charge in [-0.05, 0) is 25.9 Å². The van der Waals surface area contributed by atoms with E-state index in [1.54, 1.807) is 4.90 Å². The van der Waals surface area contributed by atoms with Crippen molar-refractivity contribution in [3.63, 3.8) is 0 Å². The van der Waals surface area contributed by atoms with Crippen LogP contribution in [0.2, 0.25) is 0 Å². The van der Waals surface area contributed by atoms with Crippen LogP contribution in [0.1, 0.15) is 12.8 Å². The van der Waals surface area contributed by atoms with Crippen LogP contribution in [0.3, 0.4) is 0 Å². The first-order valence-corrected chi connectivity index (χ1v) is 2.56. The molecule has 3 heteroatoms. The Morgan fingerprint density at radius 2 is 1.75 bits per heavy atom. The maximum Gasteiger partial charge on any atom is 0 e. The van der Waals surface area contributed by atoms with Gasteiger partial charge in [-0.15, -0.1) is 0 Å². The summed E-state index contributed by atoms with van der Waals surface area (Å²) < 4.78 is 0. The van der Waals surface area contributed by atoms with Gasteiger partial charge in [0.15, 0.2) is 0 Å². The van der Waals surface area contributed by atoms with Crippen LogP contribution in [0.15, 0.2) is 0 Å². The normalized spacial score (nSPS) is 17.8. The summed E-state index contributed by atoms with van der Waals surface area (Å²) in [4.78, 5) is 11.5. The Balaban J connectivity index is 0.000000490. The standard InChI is InChI=1S/C5H8NO.Fm/c7-5-6-3-1-2-4-6;/h1-4H2;/q-1;. The SMILES string of the molecule is O=[C-]N1CCCC1.[Fm]. The molecule has 0 N–H and O–H groups in total. The van der Waals surface area contributed by atoms with Gasteiger partial charge in [0.2, 0.25) is 0 Å². The minimum absolute atomic E-state index is 0. The Bertz CT molecular complexity index is 70.8. The average molecular weight is 355 g/mol. The van der Waals surface area contributed by atoms with Gasteiger partial charge in [-0.1, -0.05) is 0 Å². The topological polar surface area (TPSA) is 20.3 Å². The van der Waals surface area contributed by atoms with Crippen LogP contribution in [0, 0.1) is 0 Å². The van der Waals surface area contributed by atoms with E-state index in [9.17, 15) is 4.79 Å². The van der Waals surface area contributed by atoms with Crippen molar-refractivity contribution in [2.45, 2.75) is 12.8 Å². The zero-order valence-corrected chi connectivity index (χ0v) is 6.88. The van der Waals surface area contributed by atoms with Crippen LogP contribution in [0.4, 0.5) is 0 Å². The van der Waals surface area contributed by atoms with Crippen LogP contribution < -0.4 is 0 Å². The van der Waals surface area contributed by atoms with E-state index in [2.05, 4.69) is 0 Å². The van der Waals surface area contributed by atoms with E-state index in [0.717, 1.165) is 25.9 Å². The van der Waals surface area contributed by atoms with Crippen LogP contribution in [-0.4, -0.2) is 24.4 Å². The van der Waals surface area contributed by atoms with Crippen molar-refractivity contribution in [2.24, 2.45) is 0 Å². The number of amides is 1. The largest absolute Gasteiger partial charge is 0.520 e. The third kappa shape index (κ3) is 0.965. The molecule has 1 aliphatic heterocycles. The quantitative estimate of drug-likeness (QED) is 0.614. The smallest absolute Gasteiger partial charge is 0 e. The summed E-state index contributed by atoms with van der Waals surface area (Å²) in [7, 11) is 0. The number of hydrogen-bond acceptors (Lipinski definition) is 1. The molecule has 0 unspecified atom stereocenters. The fourth-order valence-corrected chi connectivity index (χ4v) is 0.808. The summed E-state index contributed by atoms with van der Waals surface area (Å²) in [5, 5.41) is 0. The number of likely N-dealkylation sites (tertiary alicyclic amines) is 1. The molecule has 0 spiro atoms. The molecule has 0 atom stereocenters. The van der Waals surface area contributed by atoms with Gasteiger partial charge < -0.3 is 9.69 Å². The fraction of sp³-hybridized carbons (Fsp3) is 0.800. The molecule has 0 radical (unpaired) electrons. The number of rotatable bonds is 1. The molecule has 1 amide bonds. The second-order valence-corrected chi connectivity index (χ2v) is 1.79. The summed E-state index contributed by atoms with van der Waals surface area (Å²) >= 11 is 0. The first-order valence-electron chi connectivity index (χ1n) is 2.56. The van der Waals surface area contributed by atoms with Crippen LogP contribution in [-0.2, 0) is 4.79 Å². The van der Waals surface area contributed by atoms with Crippen molar-refractivity contribution in [2.75, 3.05) is 13.1 Å². The van der Waals surface area contributed by atoms with Crippen molar-refractivity contribution in [3.8, 4) is 0 Å². The number of hydrogen-bond donors (Lipinski definition) is 0. The Morgan fingerprint density at radius 3 is 2.00 bits per heavy atom. The molecule has 2 nitrogen and oxygen atoms in total. The van der Waals surface area contributed by atoms with Crippen molar-refractivity contribution in [1.82, 2.24) is 4.90 Å². The number of nitrogens with zero attached hydrogens (tertiary/aromatic N) is 1. The molecule has 0 bridgehead atoms. The van der Waals surface area contributed by atoms with E-state index in [0.29, 0.717) is 0 Å². The van der Waals surface area contributed by atoms with Crippen LogP contribution in [0.5, 0.6) is 0 Å². The van der Waals surface area contributed by atoms with Crippen LogP contribution in [0.25, 0.3) is 0 Å². The van der Waals surface area contributed by atoms with E-state index in [1.165, 1.54) is 0 Å². The predicted octanol–water partition coefficient (Wildman–Crippen LogP) is 0.149. The van der Waals surface area contributed by atoms with Gasteiger partial charge >= 0.3 is 0 Å². The molecular weight excluding hydrogens is 347 g/mol. The Labute approximate surface area is 43.1 Å². The molecular formula is C5H8FmNO-. The predicted molar refractivity (Wildman–Crippen MR) is 26.5 cm³/mol. The maximum absolute atomic E-state index is 9.81. The summed E-state index contributed by atoms with van der Waals surface area (Å²) in [5.41, 5.74) is 0. The Morgan fingerprint density at radius 1 is 1.25 bits per heavy atom. The van der Waals surface area contributed by atoms with Gasteiger partial charge in [-0.3, -0.25) is 0 Å². The van der Waals surface area contributed by atoms with E-state index in [-0.39, 0.29) is 0 Å². The third-order valence-corrected chi connectivity index (χ3v) is 1.24. The second-order valence-electron chi connectivity index (χ2n) is 1.79. The zero-order chi connectivity index (χ0) is 5.11. The van der Waals surface area contributed by atoms with Crippen molar-refractivity contribution >= 4 is 6.41 Å². The van der Waals surface area contributed by atoms with Crippen LogP contribution >= 0.6 is 0 Å². The molecule has 0 saturated carbocycles. The summed E-state index contributed by atoms with van der Waals surface area (Å²) in [6.45, 7) is 1.84. The van der Waals surface area contributed by atoms with Gasteiger partial charge in [0.1, 0.15) is 0 Å². The van der Waals surface area contributed by atoms with E-state index in [4.69, 9.17) is 0 Å². The Hall–Kier alpha value is -1.53. The molecule has 0 aliphatic carbocycles. The fourth-order valence-electron chi connectivity index (χ4n) is 0.808. The third-order valence-electron chi connectivity index (χ3n) is 1.24. The van der Waals surface area contributed by atoms with Crippen molar-refractivity contribution in [3.05, 3.63) is 0 Å². The van der Waals surface area contributed by atoms with Gasteiger partial charge in [-0.2, -0.15) is 6.41 Å². The molecule has 1 aliphatic rings. The average Bonchev–Trinajstić information content (AvgIpc) is 2.14. The molecule has 52 valence electrons. The molecule has 1 heterocycles.